The number of fused-ring (bicyclic) bond motifs is 1. The fourth-order valence-corrected chi connectivity index (χ4v) is 3.44. The van der Waals surface area contributed by atoms with Crippen LogP contribution in [0.3, 0.4) is 0 Å². The number of hydrogen-bond acceptors (Lipinski definition) is 4. The quantitative estimate of drug-likeness (QED) is 0.751. The number of ether oxygens (including phenoxy) is 1. The smallest absolute Gasteiger partial charge is 0.276 e. The molecule has 27 heavy (non-hydrogen) atoms. The number of hydrogen-bond donors (Lipinski definition) is 1. The monoisotopic (exact) mass is 362 g/mol. The number of nitrogens with one attached hydrogen (secondary N) is 1. The third-order valence-corrected chi connectivity index (χ3v) is 4.72. The molecule has 4 rings (SSSR count). The van der Waals surface area contributed by atoms with Gasteiger partial charge in [0, 0.05) is 17.5 Å². The molecule has 0 fully saturated rings. The summed E-state index contributed by atoms with van der Waals surface area (Å²) in [6.45, 7) is 4.42. The van der Waals surface area contributed by atoms with Crippen LogP contribution in [0.1, 0.15) is 40.7 Å². The maximum Gasteiger partial charge on any atom is 0.276 e. The summed E-state index contributed by atoms with van der Waals surface area (Å²) < 4.78 is 7.41. The highest BCUT2D eigenvalue weighted by atomic mass is 16.5. The summed E-state index contributed by atoms with van der Waals surface area (Å²) in [7, 11) is 0. The summed E-state index contributed by atoms with van der Waals surface area (Å²) >= 11 is 0. The van der Waals surface area contributed by atoms with Gasteiger partial charge in [0.2, 0.25) is 5.88 Å². The van der Waals surface area contributed by atoms with Gasteiger partial charge < -0.3 is 10.1 Å². The van der Waals surface area contributed by atoms with Crippen LogP contribution in [0, 0.1) is 6.92 Å². The third kappa shape index (κ3) is 3.30. The maximum absolute atomic E-state index is 13.0. The van der Waals surface area contributed by atoms with Crippen LogP contribution in [0.5, 0.6) is 5.88 Å². The van der Waals surface area contributed by atoms with E-state index in [1.165, 1.54) is 5.56 Å². The Morgan fingerprint density at radius 1 is 1.22 bits per heavy atom. The summed E-state index contributed by atoms with van der Waals surface area (Å²) in [4.78, 5) is 17.1. The van der Waals surface area contributed by atoms with Crippen molar-refractivity contribution in [1.82, 2.24) is 14.8 Å². The van der Waals surface area contributed by atoms with Crippen molar-refractivity contribution in [3.8, 4) is 11.6 Å². The molecule has 0 saturated carbocycles. The molecule has 0 bridgehead atoms. The summed E-state index contributed by atoms with van der Waals surface area (Å²) in [5.41, 5.74) is 5.38. The normalized spacial score (nSPS) is 12.7. The molecule has 1 aliphatic carbocycles. The highest BCUT2D eigenvalue weighted by molar-refractivity contribution is 6.04. The van der Waals surface area contributed by atoms with Crippen LogP contribution in [0.4, 0.5) is 5.69 Å². The molecule has 1 aromatic carbocycles. The van der Waals surface area contributed by atoms with E-state index >= 15 is 0 Å². The van der Waals surface area contributed by atoms with E-state index in [2.05, 4.69) is 34.5 Å². The minimum atomic E-state index is -0.229. The molecule has 3 aromatic rings. The highest BCUT2D eigenvalue weighted by Crippen LogP contribution is 2.29. The number of aryl methyl sites for hydroxylation is 1. The summed E-state index contributed by atoms with van der Waals surface area (Å²) in [6.07, 6.45) is 4.48. The first-order valence-corrected chi connectivity index (χ1v) is 9.24. The second-order valence-electron chi connectivity index (χ2n) is 6.62. The molecule has 0 atom stereocenters. The summed E-state index contributed by atoms with van der Waals surface area (Å²) in [5.74, 6) is 0.191. The molecule has 0 aliphatic heterocycles. The molecule has 2 aromatic heterocycles. The largest absolute Gasteiger partial charge is 0.476 e. The van der Waals surface area contributed by atoms with Gasteiger partial charge in [0.1, 0.15) is 5.69 Å². The number of pyridine rings is 1. The van der Waals surface area contributed by atoms with Crippen LogP contribution in [-0.2, 0) is 12.8 Å². The van der Waals surface area contributed by atoms with Gasteiger partial charge in [-0.15, -0.1) is 0 Å². The number of carbonyl (C=O) groups excluding carboxylic acids is 1. The van der Waals surface area contributed by atoms with Crippen molar-refractivity contribution in [3.63, 3.8) is 0 Å². The summed E-state index contributed by atoms with van der Waals surface area (Å²) in [6, 6.07) is 11.7. The molecular weight excluding hydrogens is 340 g/mol. The van der Waals surface area contributed by atoms with Gasteiger partial charge in [-0.3, -0.25) is 4.79 Å². The number of aromatic nitrogens is 3. The Hall–Kier alpha value is -3.15. The van der Waals surface area contributed by atoms with Crippen LogP contribution in [-0.4, -0.2) is 27.3 Å². The Kier molecular flexibility index (Phi) is 4.62. The van der Waals surface area contributed by atoms with Crippen molar-refractivity contribution < 1.29 is 9.53 Å². The molecule has 6 heteroatoms. The second-order valence-corrected chi connectivity index (χ2v) is 6.62. The first-order valence-electron chi connectivity index (χ1n) is 9.24. The Morgan fingerprint density at radius 2 is 2.04 bits per heavy atom. The van der Waals surface area contributed by atoms with E-state index < -0.39 is 0 Å². The second kappa shape index (κ2) is 7.23. The number of nitrogens with zero attached hydrogens (tertiary/aromatic N) is 3. The molecule has 0 unspecified atom stereocenters. The molecule has 0 spiro atoms. The van der Waals surface area contributed by atoms with Crippen molar-refractivity contribution in [2.24, 2.45) is 0 Å². The highest BCUT2D eigenvalue weighted by Gasteiger charge is 2.27. The van der Waals surface area contributed by atoms with Gasteiger partial charge in [-0.25, -0.2) is 9.67 Å². The fraction of sp³-hybridized carbons (Fsp3) is 0.286. The number of rotatable bonds is 5. The average Bonchev–Trinajstić information content (AvgIpc) is 3.27. The molecule has 0 saturated heterocycles. The van der Waals surface area contributed by atoms with E-state index in [4.69, 9.17) is 4.74 Å². The topological polar surface area (TPSA) is 69.0 Å². The van der Waals surface area contributed by atoms with Crippen LogP contribution >= 0.6 is 0 Å². The number of benzene rings is 1. The Bertz CT molecular complexity index is 976. The maximum atomic E-state index is 13.0. The van der Waals surface area contributed by atoms with Gasteiger partial charge >= 0.3 is 0 Å². The van der Waals surface area contributed by atoms with Gasteiger partial charge in [-0.1, -0.05) is 17.7 Å². The summed E-state index contributed by atoms with van der Waals surface area (Å²) in [5, 5.41) is 7.56. The van der Waals surface area contributed by atoms with Crippen LogP contribution in [0.15, 0.2) is 42.6 Å². The van der Waals surface area contributed by atoms with E-state index in [9.17, 15) is 4.79 Å². The number of carbonyl (C=O) groups is 1. The van der Waals surface area contributed by atoms with E-state index in [1.54, 1.807) is 18.3 Å². The van der Waals surface area contributed by atoms with Crippen molar-refractivity contribution >= 4 is 11.6 Å². The molecule has 1 N–H and O–H groups in total. The molecule has 6 nitrogen and oxygen atoms in total. The third-order valence-electron chi connectivity index (χ3n) is 4.72. The van der Waals surface area contributed by atoms with E-state index in [-0.39, 0.29) is 5.91 Å². The molecule has 138 valence electrons. The van der Waals surface area contributed by atoms with Crippen LogP contribution in [0.2, 0.25) is 0 Å². The van der Waals surface area contributed by atoms with E-state index in [0.717, 1.165) is 36.2 Å². The van der Waals surface area contributed by atoms with Gasteiger partial charge in [-0.2, -0.15) is 5.10 Å². The van der Waals surface area contributed by atoms with Gasteiger partial charge in [0.15, 0.2) is 5.69 Å². The number of amides is 1. The zero-order chi connectivity index (χ0) is 18.8. The van der Waals surface area contributed by atoms with Crippen molar-refractivity contribution in [2.75, 3.05) is 11.9 Å². The lowest BCUT2D eigenvalue weighted by Crippen LogP contribution is -2.16. The Morgan fingerprint density at radius 3 is 2.81 bits per heavy atom. The molecule has 2 heterocycles. The first-order chi connectivity index (χ1) is 13.2. The zero-order valence-electron chi connectivity index (χ0n) is 15.5. The number of anilines is 1. The Labute approximate surface area is 158 Å². The fourth-order valence-electron chi connectivity index (χ4n) is 3.44. The van der Waals surface area contributed by atoms with Crippen LogP contribution in [0.25, 0.3) is 5.69 Å². The Balaban J connectivity index is 1.67. The predicted octanol–water partition coefficient (Wildman–Crippen LogP) is 3.72. The molecule has 1 amide bonds. The lowest BCUT2D eigenvalue weighted by atomic mass is 10.2. The van der Waals surface area contributed by atoms with E-state index in [1.807, 2.05) is 23.7 Å². The van der Waals surface area contributed by atoms with Crippen molar-refractivity contribution in [2.45, 2.75) is 33.1 Å². The zero-order valence-corrected chi connectivity index (χ0v) is 15.5. The molecule has 0 radical (unpaired) electrons. The lowest BCUT2D eigenvalue weighted by Gasteiger charge is -2.09. The van der Waals surface area contributed by atoms with E-state index in [0.29, 0.717) is 23.9 Å². The molecular formula is C21H22N4O2. The first kappa shape index (κ1) is 17.3. The van der Waals surface area contributed by atoms with Gasteiger partial charge in [-0.05, 0) is 57.4 Å². The van der Waals surface area contributed by atoms with Gasteiger partial charge in [0.25, 0.3) is 5.91 Å². The van der Waals surface area contributed by atoms with Crippen LogP contribution < -0.4 is 10.1 Å². The van der Waals surface area contributed by atoms with Crippen molar-refractivity contribution in [3.05, 3.63) is 65.1 Å². The lowest BCUT2D eigenvalue weighted by molar-refractivity contribution is 0.102. The molecule has 1 aliphatic rings. The standard InChI is InChI=1S/C21H22N4O2/c1-3-27-21-17(7-5-13-22-21)23-20(26)19-16-6-4-8-18(16)25(24-19)15-11-9-14(2)10-12-15/h5,7,9-13H,3-4,6,8H2,1-2H3,(H,23,26). The average molecular weight is 362 g/mol. The van der Waals surface area contributed by atoms with Crippen molar-refractivity contribution in [1.29, 1.82) is 0 Å². The minimum absolute atomic E-state index is 0.229. The van der Waals surface area contributed by atoms with Gasteiger partial charge in [0.05, 0.1) is 12.3 Å². The predicted molar refractivity (Wildman–Crippen MR) is 104 cm³/mol. The SMILES string of the molecule is CCOc1ncccc1NC(=O)c1nn(-c2ccc(C)cc2)c2c1CCC2. The minimum Gasteiger partial charge on any atom is -0.476 e.